The minimum atomic E-state index is -3.45. The van der Waals surface area contributed by atoms with Crippen molar-refractivity contribution in [1.82, 2.24) is 10.2 Å². The number of nitrogens with one attached hydrogen (secondary N) is 2. The number of sulfonamides is 1. The van der Waals surface area contributed by atoms with Gasteiger partial charge in [-0.3, -0.25) is 10.0 Å². The summed E-state index contributed by atoms with van der Waals surface area (Å²) < 4.78 is 38.5. The molecule has 10 heteroatoms. The zero-order valence-electron chi connectivity index (χ0n) is 16.3. The van der Waals surface area contributed by atoms with Crippen molar-refractivity contribution in [3.8, 4) is 11.5 Å². The lowest BCUT2D eigenvalue weighted by molar-refractivity contribution is 0.0711. The molecule has 0 aliphatic heterocycles. The number of fused-ring (bicyclic) bond motifs is 1. The Morgan fingerprint density at radius 3 is 2.53 bits per heavy atom. The zero-order valence-corrected chi connectivity index (χ0v) is 17.9. The molecule has 0 saturated heterocycles. The number of amides is 1. The fourth-order valence-corrected chi connectivity index (χ4v) is 4.77. The number of hydrogen-bond donors (Lipinski definition) is 3. The Morgan fingerprint density at radius 1 is 1.10 bits per heavy atom. The first kappa shape index (κ1) is 22.0. The van der Waals surface area contributed by atoms with E-state index in [0.29, 0.717) is 17.0 Å². The van der Waals surface area contributed by atoms with Crippen LogP contribution < -0.4 is 19.7 Å². The quantitative estimate of drug-likeness (QED) is 0.249. The van der Waals surface area contributed by atoms with Crippen molar-refractivity contribution in [1.29, 1.82) is 0 Å². The molecule has 1 amide bonds. The van der Waals surface area contributed by atoms with Crippen LogP contribution >= 0.6 is 11.3 Å². The highest BCUT2D eigenvalue weighted by Gasteiger charge is 2.12. The van der Waals surface area contributed by atoms with Crippen LogP contribution in [0.25, 0.3) is 10.1 Å². The molecule has 3 rings (SSSR count). The van der Waals surface area contributed by atoms with E-state index in [-0.39, 0.29) is 18.9 Å². The maximum atomic E-state index is 12.2. The van der Waals surface area contributed by atoms with Crippen LogP contribution in [0.15, 0.2) is 48.5 Å². The Bertz CT molecular complexity index is 1110. The van der Waals surface area contributed by atoms with E-state index in [0.717, 1.165) is 21.4 Å². The van der Waals surface area contributed by atoms with Gasteiger partial charge in [-0.25, -0.2) is 18.6 Å². The van der Waals surface area contributed by atoms with Gasteiger partial charge in [-0.1, -0.05) is 12.1 Å². The SMILES string of the molecule is COc1ccc(OCCCS(=O)(=O)NCc2ccc3cc(C(=O)NO)sc3c2)cc1. The third-order valence-electron chi connectivity index (χ3n) is 4.29. The topological polar surface area (TPSA) is 114 Å². The van der Waals surface area contributed by atoms with Crippen LogP contribution in [-0.2, 0) is 16.6 Å². The highest BCUT2D eigenvalue weighted by atomic mass is 32.2. The second-order valence-corrected chi connectivity index (χ2v) is 9.45. The van der Waals surface area contributed by atoms with Gasteiger partial charge in [0.25, 0.3) is 5.91 Å². The molecule has 0 aliphatic rings. The van der Waals surface area contributed by atoms with Gasteiger partial charge in [0.1, 0.15) is 11.5 Å². The Hall–Kier alpha value is -2.66. The number of hydrogen-bond acceptors (Lipinski definition) is 7. The predicted molar refractivity (Wildman–Crippen MR) is 115 cm³/mol. The standard InChI is InChI=1S/C20H22N2O6S2/c1-27-16-5-7-17(8-6-16)28-9-2-10-30(25,26)21-13-14-3-4-15-12-19(20(23)22-24)29-18(15)11-14/h3-8,11-12,21,24H,2,9-10,13H2,1H3,(H,22,23). The van der Waals surface area contributed by atoms with Crippen LogP contribution in [0.5, 0.6) is 11.5 Å². The van der Waals surface area contributed by atoms with E-state index in [2.05, 4.69) is 4.72 Å². The van der Waals surface area contributed by atoms with Crippen LogP contribution in [0.3, 0.4) is 0 Å². The molecule has 0 bridgehead atoms. The van der Waals surface area contributed by atoms with Crippen molar-refractivity contribution in [2.24, 2.45) is 0 Å². The molecule has 160 valence electrons. The summed E-state index contributed by atoms with van der Waals surface area (Å²) in [6.07, 6.45) is 0.352. The molecule has 0 atom stereocenters. The largest absolute Gasteiger partial charge is 0.497 e. The van der Waals surface area contributed by atoms with Gasteiger partial charge in [0, 0.05) is 11.2 Å². The molecule has 3 N–H and O–H groups in total. The number of methoxy groups -OCH3 is 1. The molecular weight excluding hydrogens is 428 g/mol. The number of rotatable bonds is 10. The van der Waals surface area contributed by atoms with E-state index in [9.17, 15) is 13.2 Å². The minimum Gasteiger partial charge on any atom is -0.497 e. The maximum Gasteiger partial charge on any atom is 0.284 e. The molecule has 0 fully saturated rings. The number of carbonyl (C=O) groups excluding carboxylic acids is 1. The summed E-state index contributed by atoms with van der Waals surface area (Å²) in [7, 11) is -1.87. The lowest BCUT2D eigenvalue weighted by atomic mass is 10.2. The molecule has 3 aromatic rings. The van der Waals surface area contributed by atoms with Crippen molar-refractivity contribution in [3.05, 3.63) is 59.0 Å². The van der Waals surface area contributed by atoms with Crippen LogP contribution in [0.1, 0.15) is 21.7 Å². The highest BCUT2D eigenvalue weighted by molar-refractivity contribution is 7.89. The normalized spacial score (nSPS) is 11.4. The summed E-state index contributed by atoms with van der Waals surface area (Å²) in [6, 6.07) is 14.2. The summed E-state index contributed by atoms with van der Waals surface area (Å²) >= 11 is 1.22. The molecule has 2 aromatic carbocycles. The van der Waals surface area contributed by atoms with Gasteiger partial charge >= 0.3 is 0 Å². The molecule has 30 heavy (non-hydrogen) atoms. The van der Waals surface area contributed by atoms with Gasteiger partial charge in [0.15, 0.2) is 0 Å². The first-order chi connectivity index (χ1) is 14.4. The van der Waals surface area contributed by atoms with Gasteiger partial charge < -0.3 is 9.47 Å². The summed E-state index contributed by atoms with van der Waals surface area (Å²) in [6.45, 7) is 0.432. The molecule has 1 heterocycles. The lowest BCUT2D eigenvalue weighted by Gasteiger charge is -2.09. The van der Waals surface area contributed by atoms with Crippen molar-refractivity contribution >= 4 is 37.4 Å². The fourth-order valence-electron chi connectivity index (χ4n) is 2.73. The average molecular weight is 451 g/mol. The zero-order chi connectivity index (χ0) is 21.6. The second kappa shape index (κ2) is 9.90. The first-order valence-corrected chi connectivity index (χ1v) is 11.6. The summed E-state index contributed by atoms with van der Waals surface area (Å²) in [5.41, 5.74) is 2.38. The van der Waals surface area contributed by atoms with Gasteiger partial charge in [0.05, 0.1) is 24.3 Å². The summed E-state index contributed by atoms with van der Waals surface area (Å²) in [5.74, 6) is 0.753. The van der Waals surface area contributed by atoms with E-state index >= 15 is 0 Å². The minimum absolute atomic E-state index is 0.0504. The van der Waals surface area contributed by atoms with E-state index in [4.69, 9.17) is 14.7 Å². The number of hydroxylamine groups is 1. The summed E-state index contributed by atoms with van der Waals surface area (Å²) in [4.78, 5) is 11.9. The lowest BCUT2D eigenvalue weighted by Crippen LogP contribution is -2.26. The summed E-state index contributed by atoms with van der Waals surface area (Å²) in [5, 5.41) is 9.58. The van der Waals surface area contributed by atoms with E-state index in [1.54, 1.807) is 49.0 Å². The van der Waals surface area contributed by atoms with Crippen LogP contribution in [0.4, 0.5) is 0 Å². The third kappa shape index (κ3) is 5.92. The Kier molecular flexibility index (Phi) is 7.27. The van der Waals surface area contributed by atoms with Gasteiger partial charge in [-0.2, -0.15) is 0 Å². The Labute approximate surface area is 178 Å². The van der Waals surface area contributed by atoms with Gasteiger partial charge in [0.2, 0.25) is 10.0 Å². The van der Waals surface area contributed by atoms with Crippen molar-refractivity contribution in [2.75, 3.05) is 19.5 Å². The Morgan fingerprint density at radius 2 is 1.83 bits per heavy atom. The van der Waals surface area contributed by atoms with Crippen molar-refractivity contribution in [3.63, 3.8) is 0 Å². The average Bonchev–Trinajstić information content (AvgIpc) is 3.19. The molecule has 1 aromatic heterocycles. The maximum absolute atomic E-state index is 12.2. The second-order valence-electron chi connectivity index (χ2n) is 6.44. The number of benzene rings is 2. The van der Waals surface area contributed by atoms with E-state index in [1.807, 2.05) is 12.1 Å². The third-order valence-corrected chi connectivity index (χ3v) is 6.80. The van der Waals surface area contributed by atoms with Crippen LogP contribution in [-0.4, -0.2) is 39.0 Å². The molecule has 8 nitrogen and oxygen atoms in total. The van der Waals surface area contributed by atoms with E-state index in [1.165, 1.54) is 11.3 Å². The highest BCUT2D eigenvalue weighted by Crippen LogP contribution is 2.26. The number of carbonyl (C=O) groups is 1. The molecule has 0 unspecified atom stereocenters. The fraction of sp³-hybridized carbons (Fsp3) is 0.250. The van der Waals surface area contributed by atoms with Gasteiger partial charge in [-0.15, -0.1) is 11.3 Å². The van der Waals surface area contributed by atoms with E-state index < -0.39 is 15.9 Å². The molecule has 0 spiro atoms. The number of ether oxygens (including phenoxy) is 2. The first-order valence-electron chi connectivity index (χ1n) is 9.11. The molecule has 0 saturated carbocycles. The molecular formula is C20H22N2O6S2. The smallest absolute Gasteiger partial charge is 0.284 e. The van der Waals surface area contributed by atoms with Crippen LogP contribution in [0, 0.1) is 0 Å². The van der Waals surface area contributed by atoms with Crippen LogP contribution in [0.2, 0.25) is 0 Å². The monoisotopic (exact) mass is 450 g/mol. The molecule has 0 aliphatic carbocycles. The van der Waals surface area contributed by atoms with Crippen molar-refractivity contribution < 1.29 is 27.9 Å². The number of thiophene rings is 1. The Balaban J connectivity index is 1.48. The predicted octanol–water partition coefficient (Wildman–Crippen LogP) is 2.92. The molecule has 0 radical (unpaired) electrons. The van der Waals surface area contributed by atoms with Gasteiger partial charge in [-0.05, 0) is 53.8 Å². The van der Waals surface area contributed by atoms with Crippen molar-refractivity contribution in [2.45, 2.75) is 13.0 Å².